The van der Waals surface area contributed by atoms with E-state index >= 15 is 0 Å². The molecule has 1 heterocycles. The van der Waals surface area contributed by atoms with Gasteiger partial charge in [0.05, 0.1) is 12.8 Å². The van der Waals surface area contributed by atoms with Crippen molar-refractivity contribution in [2.75, 3.05) is 5.73 Å². The average Bonchev–Trinajstić information content (AvgIpc) is 3.12. The smallest absolute Gasteiger partial charge is 0.117 e. The van der Waals surface area contributed by atoms with Gasteiger partial charge < -0.3 is 10.2 Å². The number of halogens is 1. The van der Waals surface area contributed by atoms with Crippen LogP contribution in [0, 0.1) is 0 Å². The second-order valence-corrected chi connectivity index (χ2v) is 5.47. The molecule has 0 spiro atoms. The third-order valence-corrected chi connectivity index (χ3v) is 3.81. The molecule has 19 heavy (non-hydrogen) atoms. The summed E-state index contributed by atoms with van der Waals surface area (Å²) < 4.78 is 5.43. The van der Waals surface area contributed by atoms with Crippen LogP contribution in [-0.2, 0) is 13.1 Å². The molecule has 4 heteroatoms. The number of furan rings is 1. The predicted molar refractivity (Wildman–Crippen MR) is 76.8 cm³/mol. The fourth-order valence-electron chi connectivity index (χ4n) is 2.29. The number of nitrogens with two attached hydrogens (primary N) is 1. The van der Waals surface area contributed by atoms with Crippen LogP contribution in [0.4, 0.5) is 5.69 Å². The highest BCUT2D eigenvalue weighted by Gasteiger charge is 2.29. The van der Waals surface area contributed by atoms with Crippen LogP contribution in [-0.4, -0.2) is 10.9 Å². The quantitative estimate of drug-likeness (QED) is 0.847. The zero-order valence-electron chi connectivity index (χ0n) is 10.7. The molecule has 100 valence electrons. The maximum Gasteiger partial charge on any atom is 0.117 e. The van der Waals surface area contributed by atoms with Gasteiger partial charge >= 0.3 is 0 Å². The SMILES string of the molecule is Nc1ccc(Cl)c(CN(Cc2ccco2)C2CC2)c1. The van der Waals surface area contributed by atoms with Crippen LogP contribution in [0.1, 0.15) is 24.2 Å². The Morgan fingerprint density at radius 1 is 1.26 bits per heavy atom. The van der Waals surface area contributed by atoms with E-state index in [2.05, 4.69) is 4.90 Å². The van der Waals surface area contributed by atoms with Crippen molar-refractivity contribution >= 4 is 17.3 Å². The minimum atomic E-state index is 0.641. The topological polar surface area (TPSA) is 42.4 Å². The lowest BCUT2D eigenvalue weighted by molar-refractivity contribution is 0.225. The van der Waals surface area contributed by atoms with Gasteiger partial charge in [0.1, 0.15) is 5.76 Å². The third kappa shape index (κ3) is 3.11. The van der Waals surface area contributed by atoms with Gasteiger partial charge in [-0.05, 0) is 48.7 Å². The molecule has 1 aromatic carbocycles. The first kappa shape index (κ1) is 12.6. The Labute approximate surface area is 118 Å². The Hall–Kier alpha value is -1.45. The standard InChI is InChI=1S/C15H17ClN2O/c16-15-6-3-12(17)8-11(15)9-18(13-4-5-13)10-14-2-1-7-19-14/h1-3,6-8,13H,4-5,9-10,17H2. The van der Waals surface area contributed by atoms with Gasteiger partial charge in [-0.2, -0.15) is 0 Å². The van der Waals surface area contributed by atoms with Gasteiger partial charge in [-0.15, -0.1) is 0 Å². The summed E-state index contributed by atoms with van der Waals surface area (Å²) in [5, 5.41) is 0.777. The number of anilines is 1. The number of nitrogens with zero attached hydrogens (tertiary/aromatic N) is 1. The fourth-order valence-corrected chi connectivity index (χ4v) is 2.47. The molecular formula is C15H17ClN2O. The first-order valence-corrected chi connectivity index (χ1v) is 6.90. The van der Waals surface area contributed by atoms with Crippen molar-refractivity contribution < 1.29 is 4.42 Å². The molecule has 2 N–H and O–H groups in total. The van der Waals surface area contributed by atoms with E-state index in [9.17, 15) is 0 Å². The van der Waals surface area contributed by atoms with E-state index in [0.717, 1.165) is 35.1 Å². The van der Waals surface area contributed by atoms with Gasteiger partial charge in [0, 0.05) is 23.3 Å². The van der Waals surface area contributed by atoms with Crippen molar-refractivity contribution in [1.29, 1.82) is 0 Å². The molecule has 0 bridgehead atoms. The summed E-state index contributed by atoms with van der Waals surface area (Å²) in [6, 6.07) is 10.2. The fraction of sp³-hybridized carbons (Fsp3) is 0.333. The van der Waals surface area contributed by atoms with Crippen LogP contribution >= 0.6 is 11.6 Å². The monoisotopic (exact) mass is 276 g/mol. The molecule has 3 rings (SSSR count). The number of hydrogen-bond acceptors (Lipinski definition) is 3. The lowest BCUT2D eigenvalue weighted by atomic mass is 10.2. The first-order valence-electron chi connectivity index (χ1n) is 6.53. The third-order valence-electron chi connectivity index (χ3n) is 3.45. The van der Waals surface area contributed by atoms with Crippen LogP contribution < -0.4 is 5.73 Å². The molecule has 3 nitrogen and oxygen atoms in total. The van der Waals surface area contributed by atoms with Crippen LogP contribution in [0.2, 0.25) is 5.02 Å². The molecule has 1 aliphatic rings. The largest absolute Gasteiger partial charge is 0.468 e. The van der Waals surface area contributed by atoms with Crippen molar-refractivity contribution in [1.82, 2.24) is 4.90 Å². The van der Waals surface area contributed by atoms with E-state index in [1.54, 1.807) is 6.26 Å². The van der Waals surface area contributed by atoms with E-state index in [4.69, 9.17) is 21.8 Å². The molecule has 0 radical (unpaired) electrons. The van der Waals surface area contributed by atoms with E-state index < -0.39 is 0 Å². The lowest BCUT2D eigenvalue weighted by Crippen LogP contribution is -2.25. The maximum atomic E-state index is 6.24. The maximum absolute atomic E-state index is 6.24. The highest BCUT2D eigenvalue weighted by atomic mass is 35.5. The molecule has 1 saturated carbocycles. The molecule has 0 aliphatic heterocycles. The van der Waals surface area contributed by atoms with Crippen LogP contribution in [0.5, 0.6) is 0 Å². The molecule has 1 aromatic heterocycles. The summed E-state index contributed by atoms with van der Waals surface area (Å²) in [5.41, 5.74) is 7.68. The van der Waals surface area contributed by atoms with Gasteiger partial charge in [0.25, 0.3) is 0 Å². The van der Waals surface area contributed by atoms with Gasteiger partial charge in [-0.25, -0.2) is 0 Å². The van der Waals surface area contributed by atoms with Crippen molar-refractivity contribution in [2.24, 2.45) is 0 Å². The summed E-state index contributed by atoms with van der Waals surface area (Å²) in [4.78, 5) is 2.40. The summed E-state index contributed by atoms with van der Waals surface area (Å²) >= 11 is 6.24. The minimum absolute atomic E-state index is 0.641. The van der Waals surface area contributed by atoms with Gasteiger partial charge in [0.15, 0.2) is 0 Å². The zero-order valence-corrected chi connectivity index (χ0v) is 11.4. The second-order valence-electron chi connectivity index (χ2n) is 5.07. The van der Waals surface area contributed by atoms with Crippen molar-refractivity contribution in [3.8, 4) is 0 Å². The summed E-state index contributed by atoms with van der Waals surface area (Å²) in [6.07, 6.45) is 4.22. The van der Waals surface area contributed by atoms with Crippen molar-refractivity contribution in [2.45, 2.75) is 32.0 Å². The summed E-state index contributed by atoms with van der Waals surface area (Å²) in [7, 11) is 0. The van der Waals surface area contributed by atoms with E-state index in [1.807, 2.05) is 30.3 Å². The van der Waals surface area contributed by atoms with Crippen molar-refractivity contribution in [3.05, 3.63) is 52.9 Å². The number of rotatable bonds is 5. The average molecular weight is 277 g/mol. The predicted octanol–water partition coefficient (Wildman–Crippen LogP) is 3.68. The molecule has 0 saturated heterocycles. The van der Waals surface area contributed by atoms with Crippen LogP contribution in [0.3, 0.4) is 0 Å². The van der Waals surface area contributed by atoms with Gasteiger partial charge in [0.2, 0.25) is 0 Å². The molecular weight excluding hydrogens is 260 g/mol. The molecule has 0 atom stereocenters. The molecule has 2 aromatic rings. The van der Waals surface area contributed by atoms with E-state index in [0.29, 0.717) is 6.04 Å². The Kier molecular flexibility index (Phi) is 3.49. The highest BCUT2D eigenvalue weighted by molar-refractivity contribution is 6.31. The lowest BCUT2D eigenvalue weighted by Gasteiger charge is -2.21. The Bertz CT molecular complexity index is 549. The number of nitrogen functional groups attached to an aromatic ring is 1. The molecule has 1 fully saturated rings. The summed E-state index contributed by atoms with van der Waals surface area (Å²) in [6.45, 7) is 1.64. The Balaban J connectivity index is 1.76. The molecule has 1 aliphatic carbocycles. The van der Waals surface area contributed by atoms with E-state index in [-0.39, 0.29) is 0 Å². The number of hydrogen-bond donors (Lipinski definition) is 1. The number of benzene rings is 1. The van der Waals surface area contributed by atoms with Gasteiger partial charge in [-0.1, -0.05) is 11.6 Å². The zero-order chi connectivity index (χ0) is 13.2. The second kappa shape index (κ2) is 5.27. The Morgan fingerprint density at radius 2 is 2.11 bits per heavy atom. The minimum Gasteiger partial charge on any atom is -0.468 e. The van der Waals surface area contributed by atoms with Gasteiger partial charge in [-0.3, -0.25) is 4.90 Å². The first-order chi connectivity index (χ1) is 9.22. The molecule has 0 unspecified atom stereocenters. The Morgan fingerprint density at radius 3 is 2.79 bits per heavy atom. The normalized spacial score (nSPS) is 15.1. The van der Waals surface area contributed by atoms with Crippen LogP contribution in [0.25, 0.3) is 0 Å². The van der Waals surface area contributed by atoms with Crippen LogP contribution in [0.15, 0.2) is 41.0 Å². The summed E-state index contributed by atoms with van der Waals surface area (Å²) in [5.74, 6) is 0.993. The van der Waals surface area contributed by atoms with Crippen molar-refractivity contribution in [3.63, 3.8) is 0 Å². The van der Waals surface area contributed by atoms with E-state index in [1.165, 1.54) is 12.8 Å². The highest BCUT2D eigenvalue weighted by Crippen LogP contribution is 2.31. The molecule has 0 amide bonds.